The van der Waals surface area contributed by atoms with E-state index in [4.69, 9.17) is 11.0 Å². The van der Waals surface area contributed by atoms with Gasteiger partial charge in [-0.15, -0.1) is 0 Å². The molecule has 80 valence electrons. The Balaban J connectivity index is 3.62. The molecule has 0 aromatic rings. The van der Waals surface area contributed by atoms with Gasteiger partial charge in [0.25, 0.3) is 0 Å². The van der Waals surface area contributed by atoms with Crippen molar-refractivity contribution in [3.63, 3.8) is 0 Å². The van der Waals surface area contributed by atoms with Gasteiger partial charge in [-0.3, -0.25) is 9.00 Å². The topological polar surface area (TPSA) is 96.0 Å². The van der Waals surface area contributed by atoms with Crippen molar-refractivity contribution < 1.29 is 9.00 Å². The van der Waals surface area contributed by atoms with Crippen LogP contribution in [0.1, 0.15) is 13.3 Å². The summed E-state index contributed by atoms with van der Waals surface area (Å²) in [7, 11) is -1.18. The van der Waals surface area contributed by atoms with Crippen LogP contribution in [0.2, 0.25) is 0 Å². The van der Waals surface area contributed by atoms with Crippen LogP contribution < -0.4 is 11.1 Å². The molecule has 6 heteroatoms. The normalized spacial score (nSPS) is 14.1. The second-order valence-electron chi connectivity index (χ2n) is 2.99. The third kappa shape index (κ3) is 7.71. The van der Waals surface area contributed by atoms with Gasteiger partial charge in [0.15, 0.2) is 0 Å². The predicted octanol–water partition coefficient (Wildman–Crippen LogP) is -0.888. The first kappa shape index (κ1) is 13.1. The largest absolute Gasteiger partial charge is 0.342 e. The van der Waals surface area contributed by atoms with Crippen molar-refractivity contribution in [1.82, 2.24) is 5.32 Å². The molecule has 0 fully saturated rings. The SMILES string of the molecule is CC(N)CCS(=O)CC(=O)NCC#N. The Morgan fingerprint density at radius 1 is 1.71 bits per heavy atom. The summed E-state index contributed by atoms with van der Waals surface area (Å²) in [6.07, 6.45) is 0.637. The lowest BCUT2D eigenvalue weighted by molar-refractivity contribution is -0.118. The summed E-state index contributed by atoms with van der Waals surface area (Å²) in [6, 6.07) is 1.77. The highest BCUT2D eigenvalue weighted by atomic mass is 32.2. The minimum absolute atomic E-state index is 0.00104. The van der Waals surface area contributed by atoms with Crippen molar-refractivity contribution in [1.29, 1.82) is 5.26 Å². The minimum atomic E-state index is -1.18. The van der Waals surface area contributed by atoms with E-state index in [1.807, 2.05) is 6.92 Å². The molecule has 0 spiro atoms. The zero-order valence-corrected chi connectivity index (χ0v) is 8.97. The highest BCUT2D eigenvalue weighted by Crippen LogP contribution is 1.91. The maximum Gasteiger partial charge on any atom is 0.233 e. The molecule has 3 N–H and O–H groups in total. The number of nitrogens with one attached hydrogen (secondary N) is 1. The van der Waals surface area contributed by atoms with Crippen molar-refractivity contribution in [2.24, 2.45) is 5.73 Å². The molecular weight excluding hydrogens is 202 g/mol. The van der Waals surface area contributed by atoms with Gasteiger partial charge in [0.1, 0.15) is 12.3 Å². The van der Waals surface area contributed by atoms with E-state index in [0.717, 1.165) is 0 Å². The van der Waals surface area contributed by atoms with Crippen molar-refractivity contribution >= 4 is 16.7 Å². The highest BCUT2D eigenvalue weighted by molar-refractivity contribution is 7.85. The Kier molecular flexibility index (Phi) is 6.98. The third-order valence-electron chi connectivity index (χ3n) is 1.46. The first-order valence-corrected chi connectivity index (χ1v) is 5.79. The lowest BCUT2D eigenvalue weighted by Gasteiger charge is -2.04. The van der Waals surface area contributed by atoms with Gasteiger partial charge >= 0.3 is 0 Å². The number of nitrogens with zero attached hydrogens (tertiary/aromatic N) is 1. The van der Waals surface area contributed by atoms with Gasteiger partial charge in [0.05, 0.1) is 6.07 Å². The Bertz CT molecular complexity index is 247. The van der Waals surface area contributed by atoms with Crippen molar-refractivity contribution in [2.45, 2.75) is 19.4 Å². The molecule has 0 saturated carbocycles. The fourth-order valence-corrected chi connectivity index (χ4v) is 1.90. The second kappa shape index (κ2) is 7.47. The Hall–Kier alpha value is -0.930. The van der Waals surface area contributed by atoms with E-state index >= 15 is 0 Å². The fraction of sp³-hybridized carbons (Fsp3) is 0.750. The van der Waals surface area contributed by atoms with Crippen LogP contribution in [0, 0.1) is 11.3 Å². The number of hydrogen-bond donors (Lipinski definition) is 2. The molecule has 14 heavy (non-hydrogen) atoms. The number of rotatable bonds is 6. The molecule has 0 radical (unpaired) electrons. The van der Waals surface area contributed by atoms with Crippen LogP contribution in [0.15, 0.2) is 0 Å². The first-order valence-electron chi connectivity index (χ1n) is 4.30. The molecule has 0 aliphatic carbocycles. The van der Waals surface area contributed by atoms with E-state index in [9.17, 15) is 9.00 Å². The lowest BCUT2D eigenvalue weighted by atomic mass is 10.3. The summed E-state index contributed by atoms with van der Waals surface area (Å²) >= 11 is 0. The summed E-state index contributed by atoms with van der Waals surface area (Å²) in [4.78, 5) is 11.0. The standard InChI is InChI=1S/C8H15N3O2S/c1-7(10)2-5-14(13)6-8(12)11-4-3-9/h7H,2,4-6,10H2,1H3,(H,11,12). The first-order chi connectivity index (χ1) is 6.56. The molecule has 0 saturated heterocycles. The molecule has 0 aliphatic rings. The number of nitrogens with two attached hydrogens (primary N) is 1. The van der Waals surface area contributed by atoms with Gasteiger partial charge in [-0.2, -0.15) is 5.26 Å². The summed E-state index contributed by atoms with van der Waals surface area (Å²) in [5.41, 5.74) is 5.47. The number of hydrogen-bond acceptors (Lipinski definition) is 4. The summed E-state index contributed by atoms with van der Waals surface area (Å²) in [5.74, 6) is 0.0287. The maximum absolute atomic E-state index is 11.2. The lowest BCUT2D eigenvalue weighted by Crippen LogP contribution is -2.30. The van der Waals surface area contributed by atoms with Crippen molar-refractivity contribution in [2.75, 3.05) is 18.1 Å². The molecule has 0 aliphatic heterocycles. The number of carbonyl (C=O) groups is 1. The van der Waals surface area contributed by atoms with Crippen LogP contribution in [-0.2, 0) is 15.6 Å². The number of carbonyl (C=O) groups excluding carboxylic acids is 1. The monoisotopic (exact) mass is 217 g/mol. The molecular formula is C8H15N3O2S. The molecule has 1 amide bonds. The Morgan fingerprint density at radius 3 is 2.86 bits per heavy atom. The van der Waals surface area contributed by atoms with Crippen LogP contribution in [0.25, 0.3) is 0 Å². The van der Waals surface area contributed by atoms with Gasteiger partial charge in [0.2, 0.25) is 5.91 Å². The summed E-state index contributed by atoms with van der Waals surface area (Å²) in [6.45, 7) is 1.79. The predicted molar refractivity (Wildman–Crippen MR) is 54.8 cm³/mol. The average Bonchev–Trinajstić information content (AvgIpc) is 2.11. The van der Waals surface area contributed by atoms with Crippen LogP contribution in [0.5, 0.6) is 0 Å². The van der Waals surface area contributed by atoms with Crippen LogP contribution in [-0.4, -0.2) is 34.2 Å². The molecule has 2 unspecified atom stereocenters. The van der Waals surface area contributed by atoms with E-state index in [-0.39, 0.29) is 24.2 Å². The van der Waals surface area contributed by atoms with Gasteiger partial charge < -0.3 is 11.1 Å². The number of amides is 1. The van der Waals surface area contributed by atoms with Crippen LogP contribution in [0.3, 0.4) is 0 Å². The Morgan fingerprint density at radius 2 is 2.36 bits per heavy atom. The molecule has 0 aromatic carbocycles. The van der Waals surface area contributed by atoms with E-state index in [0.29, 0.717) is 12.2 Å². The smallest absolute Gasteiger partial charge is 0.233 e. The van der Waals surface area contributed by atoms with E-state index in [1.54, 1.807) is 6.07 Å². The maximum atomic E-state index is 11.2. The minimum Gasteiger partial charge on any atom is -0.342 e. The molecule has 0 bridgehead atoms. The Labute approximate surface area is 86.1 Å². The number of nitriles is 1. The zero-order valence-electron chi connectivity index (χ0n) is 8.16. The second-order valence-corrected chi connectivity index (χ2v) is 4.57. The van der Waals surface area contributed by atoms with Gasteiger partial charge in [0, 0.05) is 22.6 Å². The molecule has 0 heterocycles. The third-order valence-corrected chi connectivity index (χ3v) is 2.73. The van der Waals surface area contributed by atoms with Gasteiger partial charge in [-0.25, -0.2) is 0 Å². The zero-order chi connectivity index (χ0) is 11.0. The molecule has 0 aromatic heterocycles. The van der Waals surface area contributed by atoms with Crippen molar-refractivity contribution in [3.05, 3.63) is 0 Å². The molecule has 0 rings (SSSR count). The van der Waals surface area contributed by atoms with Gasteiger partial charge in [-0.05, 0) is 13.3 Å². The molecule has 2 atom stereocenters. The summed E-state index contributed by atoms with van der Waals surface area (Å²) in [5, 5.41) is 10.5. The summed E-state index contributed by atoms with van der Waals surface area (Å²) < 4.78 is 11.2. The van der Waals surface area contributed by atoms with E-state index in [1.165, 1.54) is 0 Å². The van der Waals surface area contributed by atoms with E-state index < -0.39 is 10.8 Å². The van der Waals surface area contributed by atoms with E-state index in [2.05, 4.69) is 5.32 Å². The average molecular weight is 217 g/mol. The fourth-order valence-electron chi connectivity index (χ4n) is 0.725. The van der Waals surface area contributed by atoms with Crippen LogP contribution in [0.4, 0.5) is 0 Å². The van der Waals surface area contributed by atoms with Crippen molar-refractivity contribution in [3.8, 4) is 6.07 Å². The highest BCUT2D eigenvalue weighted by Gasteiger charge is 2.07. The van der Waals surface area contributed by atoms with Gasteiger partial charge in [-0.1, -0.05) is 0 Å². The quantitative estimate of drug-likeness (QED) is 0.564. The van der Waals surface area contributed by atoms with Crippen LogP contribution >= 0.6 is 0 Å². The molecule has 5 nitrogen and oxygen atoms in total.